The highest BCUT2D eigenvalue weighted by atomic mass is 16.5. The van der Waals surface area contributed by atoms with Gasteiger partial charge in [0.15, 0.2) is 6.10 Å². The predicted molar refractivity (Wildman–Crippen MR) is 87.4 cm³/mol. The summed E-state index contributed by atoms with van der Waals surface area (Å²) >= 11 is 0. The van der Waals surface area contributed by atoms with Gasteiger partial charge >= 0.3 is 5.97 Å². The van der Waals surface area contributed by atoms with Crippen molar-refractivity contribution in [1.82, 2.24) is 5.32 Å². The summed E-state index contributed by atoms with van der Waals surface area (Å²) in [5.74, 6) is -0.633. The van der Waals surface area contributed by atoms with Gasteiger partial charge in [-0.05, 0) is 36.9 Å². The number of aliphatic hydroxyl groups is 1. The molecule has 0 spiro atoms. The minimum Gasteiger partial charge on any atom is -0.486 e. The van der Waals surface area contributed by atoms with E-state index in [1.807, 2.05) is 37.4 Å². The molecule has 0 bridgehead atoms. The molecule has 0 aliphatic carbocycles. The average molecular weight is 315 g/mol. The summed E-state index contributed by atoms with van der Waals surface area (Å²) < 4.78 is 6.03. The van der Waals surface area contributed by atoms with Crippen LogP contribution < -0.4 is 10.1 Å². The van der Waals surface area contributed by atoms with Crippen molar-refractivity contribution in [2.45, 2.75) is 18.6 Å². The number of carboxylic acid groups (broad SMARTS) is 1. The fourth-order valence-corrected chi connectivity index (χ4v) is 2.27. The molecule has 0 saturated heterocycles. The van der Waals surface area contributed by atoms with Crippen LogP contribution in [0, 0.1) is 0 Å². The maximum absolute atomic E-state index is 10.8. The second kappa shape index (κ2) is 8.31. The Kier molecular flexibility index (Phi) is 6.14. The van der Waals surface area contributed by atoms with Gasteiger partial charge in [-0.2, -0.15) is 0 Å². The smallest absolute Gasteiger partial charge is 0.337 e. The summed E-state index contributed by atoms with van der Waals surface area (Å²) in [6.07, 6.45) is -0.808. The molecule has 0 aliphatic rings. The zero-order chi connectivity index (χ0) is 16.7. The van der Waals surface area contributed by atoms with E-state index in [0.717, 1.165) is 18.5 Å². The SMILES string of the molecule is CNCCC(Oc1ccc(C(O)C(=O)O)cc1)c1ccccc1. The van der Waals surface area contributed by atoms with E-state index in [9.17, 15) is 9.90 Å². The molecule has 23 heavy (non-hydrogen) atoms. The van der Waals surface area contributed by atoms with E-state index in [1.54, 1.807) is 24.3 Å². The molecule has 0 aromatic heterocycles. The molecule has 5 nitrogen and oxygen atoms in total. The fourth-order valence-electron chi connectivity index (χ4n) is 2.27. The van der Waals surface area contributed by atoms with Gasteiger partial charge in [-0.1, -0.05) is 42.5 Å². The van der Waals surface area contributed by atoms with E-state index >= 15 is 0 Å². The topological polar surface area (TPSA) is 78.8 Å². The largest absolute Gasteiger partial charge is 0.486 e. The number of ether oxygens (including phenoxy) is 1. The molecule has 0 radical (unpaired) electrons. The number of carboxylic acids is 1. The van der Waals surface area contributed by atoms with Gasteiger partial charge in [-0.15, -0.1) is 0 Å². The average Bonchev–Trinajstić information content (AvgIpc) is 2.59. The van der Waals surface area contributed by atoms with E-state index in [0.29, 0.717) is 11.3 Å². The molecule has 3 N–H and O–H groups in total. The second-order valence-electron chi connectivity index (χ2n) is 5.22. The van der Waals surface area contributed by atoms with Crippen LogP contribution in [0.15, 0.2) is 54.6 Å². The highest BCUT2D eigenvalue weighted by Crippen LogP contribution is 2.26. The third-order valence-electron chi connectivity index (χ3n) is 3.54. The monoisotopic (exact) mass is 315 g/mol. The van der Waals surface area contributed by atoms with E-state index in [1.165, 1.54) is 0 Å². The molecule has 0 fully saturated rings. The lowest BCUT2D eigenvalue weighted by molar-refractivity contribution is -0.146. The summed E-state index contributed by atoms with van der Waals surface area (Å²) in [6, 6.07) is 16.4. The summed E-state index contributed by atoms with van der Waals surface area (Å²) in [5.41, 5.74) is 1.41. The number of hydrogen-bond acceptors (Lipinski definition) is 4. The lowest BCUT2D eigenvalue weighted by Gasteiger charge is -2.20. The summed E-state index contributed by atoms with van der Waals surface area (Å²) in [4.78, 5) is 10.8. The lowest BCUT2D eigenvalue weighted by atomic mass is 10.1. The Morgan fingerprint density at radius 3 is 2.30 bits per heavy atom. The van der Waals surface area contributed by atoms with Crippen LogP contribution in [0.4, 0.5) is 0 Å². The van der Waals surface area contributed by atoms with Crippen LogP contribution in [0.3, 0.4) is 0 Å². The Labute approximate surface area is 135 Å². The van der Waals surface area contributed by atoms with Gasteiger partial charge in [0.2, 0.25) is 0 Å². The molecule has 2 rings (SSSR count). The highest BCUT2D eigenvalue weighted by Gasteiger charge is 2.17. The number of aliphatic carboxylic acids is 1. The third kappa shape index (κ3) is 4.81. The molecule has 0 heterocycles. The summed E-state index contributed by atoms with van der Waals surface area (Å²) in [5, 5.41) is 21.4. The Morgan fingerprint density at radius 1 is 1.09 bits per heavy atom. The molecular formula is C18H21NO4. The van der Waals surface area contributed by atoms with Gasteiger partial charge < -0.3 is 20.3 Å². The van der Waals surface area contributed by atoms with Crippen molar-refractivity contribution in [2.75, 3.05) is 13.6 Å². The summed E-state index contributed by atoms with van der Waals surface area (Å²) in [7, 11) is 1.89. The van der Waals surface area contributed by atoms with Crippen LogP contribution in [0.5, 0.6) is 5.75 Å². The zero-order valence-electron chi connectivity index (χ0n) is 13.0. The molecule has 2 atom stereocenters. The first kappa shape index (κ1) is 17.0. The molecule has 2 aromatic carbocycles. The number of nitrogens with one attached hydrogen (secondary N) is 1. The van der Waals surface area contributed by atoms with E-state index in [2.05, 4.69) is 5.32 Å². The third-order valence-corrected chi connectivity index (χ3v) is 3.54. The molecule has 122 valence electrons. The lowest BCUT2D eigenvalue weighted by Crippen LogP contribution is -2.16. The summed E-state index contributed by atoms with van der Waals surface area (Å²) in [6.45, 7) is 0.815. The van der Waals surface area contributed by atoms with Crippen molar-refractivity contribution in [3.05, 3.63) is 65.7 Å². The zero-order valence-corrected chi connectivity index (χ0v) is 13.0. The van der Waals surface area contributed by atoms with Gasteiger partial charge in [0.05, 0.1) is 0 Å². The Morgan fingerprint density at radius 2 is 1.74 bits per heavy atom. The number of benzene rings is 2. The second-order valence-corrected chi connectivity index (χ2v) is 5.22. The first-order valence-electron chi connectivity index (χ1n) is 7.49. The first-order valence-corrected chi connectivity index (χ1v) is 7.49. The van der Waals surface area contributed by atoms with Crippen LogP contribution in [0.2, 0.25) is 0 Å². The van der Waals surface area contributed by atoms with Crippen LogP contribution >= 0.6 is 0 Å². The van der Waals surface area contributed by atoms with Gasteiger partial charge in [0.25, 0.3) is 0 Å². The highest BCUT2D eigenvalue weighted by molar-refractivity contribution is 5.74. The minimum atomic E-state index is -1.52. The Bertz CT molecular complexity index is 613. The van der Waals surface area contributed by atoms with Crippen molar-refractivity contribution in [3.63, 3.8) is 0 Å². The van der Waals surface area contributed by atoms with Crippen molar-refractivity contribution in [1.29, 1.82) is 0 Å². The molecule has 0 aliphatic heterocycles. The molecule has 0 saturated carbocycles. The minimum absolute atomic E-state index is 0.0982. The van der Waals surface area contributed by atoms with Crippen molar-refractivity contribution < 1.29 is 19.7 Å². The maximum Gasteiger partial charge on any atom is 0.337 e. The normalized spacial score (nSPS) is 13.3. The fraction of sp³-hybridized carbons (Fsp3) is 0.278. The van der Waals surface area contributed by atoms with E-state index in [-0.39, 0.29) is 6.10 Å². The van der Waals surface area contributed by atoms with Gasteiger partial charge in [-0.3, -0.25) is 0 Å². The first-order chi connectivity index (χ1) is 11.1. The van der Waals surface area contributed by atoms with Crippen molar-refractivity contribution >= 4 is 5.97 Å². The van der Waals surface area contributed by atoms with E-state index in [4.69, 9.17) is 9.84 Å². The predicted octanol–water partition coefficient (Wildman–Crippen LogP) is 2.53. The maximum atomic E-state index is 10.8. The van der Waals surface area contributed by atoms with Crippen molar-refractivity contribution in [3.8, 4) is 5.75 Å². The van der Waals surface area contributed by atoms with Crippen LogP contribution in [0.25, 0.3) is 0 Å². The molecular weight excluding hydrogens is 294 g/mol. The Hall–Kier alpha value is -2.37. The van der Waals surface area contributed by atoms with Gasteiger partial charge in [0, 0.05) is 6.42 Å². The van der Waals surface area contributed by atoms with Gasteiger partial charge in [-0.25, -0.2) is 4.79 Å². The molecule has 0 amide bonds. The molecule has 2 aromatic rings. The van der Waals surface area contributed by atoms with Crippen LogP contribution in [-0.4, -0.2) is 29.8 Å². The van der Waals surface area contributed by atoms with Crippen LogP contribution in [-0.2, 0) is 4.79 Å². The van der Waals surface area contributed by atoms with Gasteiger partial charge in [0.1, 0.15) is 11.9 Å². The van der Waals surface area contributed by atoms with E-state index < -0.39 is 12.1 Å². The standard InChI is InChI=1S/C18H21NO4/c1-19-12-11-16(13-5-3-2-4-6-13)23-15-9-7-14(8-10-15)17(20)18(21)22/h2-10,16-17,19-20H,11-12H2,1H3,(H,21,22). The number of rotatable bonds is 8. The van der Waals surface area contributed by atoms with Crippen LogP contribution in [0.1, 0.15) is 29.8 Å². The Balaban J connectivity index is 2.11. The molecule has 5 heteroatoms. The quantitative estimate of drug-likeness (QED) is 0.697. The van der Waals surface area contributed by atoms with Crippen molar-refractivity contribution in [2.24, 2.45) is 0 Å². The number of hydrogen-bond donors (Lipinski definition) is 3. The molecule has 2 unspecified atom stereocenters. The number of carbonyl (C=O) groups is 1. The number of aliphatic hydroxyl groups excluding tert-OH is 1.